The highest BCUT2D eigenvalue weighted by molar-refractivity contribution is 7.21. The van der Waals surface area contributed by atoms with Crippen LogP contribution in [0.4, 0.5) is 5.69 Å². The molecule has 0 aliphatic carbocycles. The number of fused-ring (bicyclic) bond motifs is 1. The highest BCUT2D eigenvalue weighted by Gasteiger charge is 2.14. The Morgan fingerprint density at radius 3 is 2.47 bits per heavy atom. The van der Waals surface area contributed by atoms with Crippen LogP contribution in [0, 0.1) is 6.92 Å². The third kappa shape index (κ3) is 4.87. The molecule has 5 aromatic rings. The van der Waals surface area contributed by atoms with Gasteiger partial charge in [0.2, 0.25) is 5.75 Å². The van der Waals surface area contributed by atoms with Crippen LogP contribution in [0.3, 0.4) is 0 Å². The molecule has 0 fully saturated rings. The minimum absolute atomic E-state index is 0.0837. The summed E-state index contributed by atoms with van der Waals surface area (Å²) in [7, 11) is 3.12. The molecule has 0 atom stereocenters. The number of amides is 1. The van der Waals surface area contributed by atoms with E-state index in [-0.39, 0.29) is 18.3 Å². The Labute approximate surface area is 212 Å². The van der Waals surface area contributed by atoms with Crippen molar-refractivity contribution in [3.63, 3.8) is 0 Å². The highest BCUT2D eigenvalue weighted by atomic mass is 32.1. The third-order valence-electron chi connectivity index (χ3n) is 5.53. The van der Waals surface area contributed by atoms with Crippen molar-refractivity contribution >= 4 is 33.1 Å². The Kier molecular flexibility index (Phi) is 6.55. The van der Waals surface area contributed by atoms with Crippen molar-refractivity contribution < 1.29 is 19.0 Å². The zero-order valence-electron chi connectivity index (χ0n) is 20.0. The highest BCUT2D eigenvalue weighted by Crippen LogP contribution is 2.37. The Hall–Kier alpha value is -4.37. The minimum Gasteiger partial charge on any atom is -0.493 e. The number of hydrogen-bond acceptors (Lipinski definition) is 7. The van der Waals surface area contributed by atoms with E-state index < -0.39 is 0 Å². The Morgan fingerprint density at radius 1 is 1.00 bits per heavy atom. The average Bonchev–Trinajstić information content (AvgIpc) is 3.54. The zero-order chi connectivity index (χ0) is 25.1. The van der Waals surface area contributed by atoms with Gasteiger partial charge in [0.1, 0.15) is 5.01 Å². The first-order valence-corrected chi connectivity index (χ1v) is 12.0. The lowest BCUT2D eigenvalue weighted by atomic mass is 10.2. The summed E-state index contributed by atoms with van der Waals surface area (Å²) < 4.78 is 19.2. The molecule has 0 aliphatic rings. The molecule has 2 heterocycles. The number of aryl methyl sites for hydroxylation is 1. The molecular weight excluding hydrogens is 476 g/mol. The van der Waals surface area contributed by atoms with Gasteiger partial charge < -0.3 is 19.5 Å². The molecule has 3 aromatic carbocycles. The summed E-state index contributed by atoms with van der Waals surface area (Å²) in [5.74, 6) is 1.24. The summed E-state index contributed by atoms with van der Waals surface area (Å²) in [4.78, 5) is 17.4. The van der Waals surface area contributed by atoms with E-state index in [4.69, 9.17) is 19.2 Å². The van der Waals surface area contributed by atoms with Crippen molar-refractivity contribution in [3.8, 4) is 27.8 Å². The Balaban J connectivity index is 1.23. The van der Waals surface area contributed by atoms with E-state index in [1.807, 2.05) is 36.4 Å². The quantitative estimate of drug-likeness (QED) is 0.291. The van der Waals surface area contributed by atoms with Gasteiger partial charge in [-0.1, -0.05) is 12.1 Å². The molecule has 8 nitrogen and oxygen atoms in total. The molecule has 5 rings (SSSR count). The van der Waals surface area contributed by atoms with E-state index in [9.17, 15) is 4.79 Å². The molecule has 2 aromatic heterocycles. The van der Waals surface area contributed by atoms with Crippen LogP contribution in [-0.2, 0) is 6.73 Å². The lowest BCUT2D eigenvalue weighted by Crippen LogP contribution is -2.14. The number of nitrogens with zero attached hydrogens (tertiary/aromatic N) is 3. The number of benzene rings is 3. The fourth-order valence-electron chi connectivity index (χ4n) is 3.69. The maximum Gasteiger partial charge on any atom is 0.276 e. The van der Waals surface area contributed by atoms with Gasteiger partial charge in [-0.2, -0.15) is 5.10 Å². The van der Waals surface area contributed by atoms with Crippen molar-refractivity contribution in [2.75, 3.05) is 19.5 Å². The molecule has 0 saturated heterocycles. The number of aromatic nitrogens is 3. The summed E-state index contributed by atoms with van der Waals surface area (Å²) in [6.07, 6.45) is 1.68. The summed E-state index contributed by atoms with van der Waals surface area (Å²) in [5.41, 5.74) is 4.15. The number of nitrogens with one attached hydrogen (secondary N) is 1. The molecule has 0 saturated carbocycles. The molecule has 0 spiro atoms. The number of rotatable bonds is 8. The van der Waals surface area contributed by atoms with E-state index in [1.54, 1.807) is 50.0 Å². The summed E-state index contributed by atoms with van der Waals surface area (Å²) in [6.45, 7) is 2.16. The third-order valence-corrected chi connectivity index (χ3v) is 6.60. The second-order valence-corrected chi connectivity index (χ2v) is 9.06. The van der Waals surface area contributed by atoms with Crippen molar-refractivity contribution in [1.82, 2.24) is 14.8 Å². The SMILES string of the molecule is COc1cccc(OC)c1OCn1ccc(C(=O)Nc2ccc(-c3nc4ccc(C)cc4s3)cc2)n1. The predicted molar refractivity (Wildman–Crippen MR) is 140 cm³/mol. The standard InChI is InChI=1S/C27H24N4O4S/c1-17-7-12-20-24(15-17)36-27(29-20)18-8-10-19(11-9-18)28-26(32)21-13-14-31(30-21)16-35-25-22(33-2)5-4-6-23(25)34-3/h4-15H,16H2,1-3H3,(H,28,32). The van der Waals surface area contributed by atoms with Crippen molar-refractivity contribution in [1.29, 1.82) is 0 Å². The number of thiazole rings is 1. The largest absolute Gasteiger partial charge is 0.493 e. The molecule has 0 unspecified atom stereocenters. The number of carbonyl (C=O) groups excluding carboxylic acids is 1. The number of ether oxygens (including phenoxy) is 3. The zero-order valence-corrected chi connectivity index (χ0v) is 20.8. The number of carbonyl (C=O) groups is 1. The second kappa shape index (κ2) is 10.1. The normalized spacial score (nSPS) is 10.9. The molecule has 36 heavy (non-hydrogen) atoms. The van der Waals surface area contributed by atoms with Gasteiger partial charge in [-0.25, -0.2) is 9.67 Å². The van der Waals surface area contributed by atoms with Gasteiger partial charge in [0.25, 0.3) is 5.91 Å². The van der Waals surface area contributed by atoms with Crippen LogP contribution in [0.15, 0.2) is 72.9 Å². The first-order chi connectivity index (χ1) is 17.5. The van der Waals surface area contributed by atoms with Crippen LogP contribution < -0.4 is 19.5 Å². The van der Waals surface area contributed by atoms with E-state index >= 15 is 0 Å². The fourth-order valence-corrected chi connectivity index (χ4v) is 4.76. The Bertz CT molecular complexity index is 1500. The maximum absolute atomic E-state index is 12.7. The number of para-hydroxylation sites is 1. The molecule has 1 amide bonds. The van der Waals surface area contributed by atoms with Gasteiger partial charge in [0, 0.05) is 17.4 Å². The van der Waals surface area contributed by atoms with E-state index in [1.165, 1.54) is 10.2 Å². The summed E-state index contributed by atoms with van der Waals surface area (Å²) in [6, 6.07) is 20.9. The number of methoxy groups -OCH3 is 2. The average molecular weight is 501 g/mol. The van der Waals surface area contributed by atoms with Gasteiger partial charge in [-0.15, -0.1) is 11.3 Å². The van der Waals surface area contributed by atoms with Crippen molar-refractivity contribution in [2.45, 2.75) is 13.7 Å². The number of anilines is 1. The molecule has 0 radical (unpaired) electrons. The van der Waals surface area contributed by atoms with Crippen molar-refractivity contribution in [3.05, 3.63) is 84.2 Å². The molecule has 0 aliphatic heterocycles. The fraction of sp³-hybridized carbons (Fsp3) is 0.148. The summed E-state index contributed by atoms with van der Waals surface area (Å²) >= 11 is 1.65. The van der Waals surface area contributed by atoms with Crippen LogP contribution in [0.1, 0.15) is 16.1 Å². The molecule has 0 bridgehead atoms. The van der Waals surface area contributed by atoms with Crippen LogP contribution >= 0.6 is 11.3 Å². The van der Waals surface area contributed by atoms with Crippen molar-refractivity contribution in [2.24, 2.45) is 0 Å². The van der Waals surface area contributed by atoms with Gasteiger partial charge in [-0.3, -0.25) is 4.79 Å². The first-order valence-electron chi connectivity index (χ1n) is 11.2. The number of hydrogen-bond donors (Lipinski definition) is 1. The molecule has 9 heteroatoms. The van der Waals surface area contributed by atoms with Crippen LogP contribution in [-0.4, -0.2) is 34.9 Å². The minimum atomic E-state index is -0.313. The molecule has 1 N–H and O–H groups in total. The van der Waals surface area contributed by atoms with Crippen LogP contribution in [0.2, 0.25) is 0 Å². The van der Waals surface area contributed by atoms with Gasteiger partial charge in [0.05, 0.1) is 24.4 Å². The van der Waals surface area contributed by atoms with E-state index in [0.717, 1.165) is 20.8 Å². The molecular formula is C27H24N4O4S. The van der Waals surface area contributed by atoms with Gasteiger partial charge in [0.15, 0.2) is 23.9 Å². The van der Waals surface area contributed by atoms with Crippen LogP contribution in [0.25, 0.3) is 20.8 Å². The lowest BCUT2D eigenvalue weighted by Gasteiger charge is -2.13. The first kappa shape index (κ1) is 23.4. The molecule has 182 valence electrons. The van der Waals surface area contributed by atoms with E-state index in [0.29, 0.717) is 22.9 Å². The van der Waals surface area contributed by atoms with Crippen LogP contribution in [0.5, 0.6) is 17.2 Å². The Morgan fingerprint density at radius 2 is 1.75 bits per heavy atom. The topological polar surface area (TPSA) is 87.5 Å². The van der Waals surface area contributed by atoms with Gasteiger partial charge in [-0.05, 0) is 67.1 Å². The predicted octanol–water partition coefficient (Wildman–Crippen LogP) is 5.77. The van der Waals surface area contributed by atoms with E-state index in [2.05, 4.69) is 29.5 Å². The second-order valence-electron chi connectivity index (χ2n) is 8.03. The smallest absolute Gasteiger partial charge is 0.276 e. The summed E-state index contributed by atoms with van der Waals surface area (Å²) in [5, 5.41) is 8.14. The maximum atomic E-state index is 12.7. The monoisotopic (exact) mass is 500 g/mol. The lowest BCUT2D eigenvalue weighted by molar-refractivity contribution is 0.102. The van der Waals surface area contributed by atoms with Gasteiger partial charge >= 0.3 is 0 Å².